The SMILES string of the molecule is CCOC(=O)c1c(C)[nH]c(C(=O)C(=O)NCC[NH+](C)C)c1-c1ccc(C)cc1. The van der Waals surface area contributed by atoms with Crippen molar-refractivity contribution in [3.05, 3.63) is 46.8 Å². The molecule has 0 aliphatic rings. The molecule has 2 rings (SSSR count). The second-order valence-electron chi connectivity index (χ2n) is 7.00. The highest BCUT2D eigenvalue weighted by Crippen LogP contribution is 2.31. The van der Waals surface area contributed by atoms with E-state index in [-0.39, 0.29) is 17.9 Å². The normalized spacial score (nSPS) is 10.8. The average Bonchev–Trinajstić information content (AvgIpc) is 2.98. The number of benzene rings is 1. The smallest absolute Gasteiger partial charge is 0.340 e. The van der Waals surface area contributed by atoms with Gasteiger partial charge in [0.1, 0.15) is 5.69 Å². The van der Waals surface area contributed by atoms with Crippen LogP contribution in [0, 0.1) is 13.8 Å². The highest BCUT2D eigenvalue weighted by molar-refractivity contribution is 6.43. The monoisotopic (exact) mass is 386 g/mol. The summed E-state index contributed by atoms with van der Waals surface area (Å²) in [6, 6.07) is 7.43. The quantitative estimate of drug-likeness (QED) is 0.357. The maximum atomic E-state index is 12.8. The van der Waals surface area contributed by atoms with Gasteiger partial charge in [0.15, 0.2) is 0 Å². The molecule has 3 N–H and O–H groups in total. The Labute approximate surface area is 165 Å². The molecule has 0 radical (unpaired) electrons. The molecule has 0 fully saturated rings. The van der Waals surface area contributed by atoms with Crippen LogP contribution < -0.4 is 10.2 Å². The first-order valence-corrected chi connectivity index (χ1v) is 9.34. The molecule has 1 aromatic carbocycles. The molecule has 7 nitrogen and oxygen atoms in total. The number of ether oxygens (including phenoxy) is 1. The number of likely N-dealkylation sites (N-methyl/N-ethyl adjacent to an activating group) is 1. The maximum Gasteiger partial charge on any atom is 0.340 e. The highest BCUT2D eigenvalue weighted by Gasteiger charge is 2.29. The van der Waals surface area contributed by atoms with Crippen molar-refractivity contribution in [2.75, 3.05) is 33.8 Å². The zero-order valence-corrected chi connectivity index (χ0v) is 17.1. The summed E-state index contributed by atoms with van der Waals surface area (Å²) < 4.78 is 5.17. The molecule has 150 valence electrons. The molecule has 0 spiro atoms. The van der Waals surface area contributed by atoms with Crippen molar-refractivity contribution < 1.29 is 24.0 Å². The van der Waals surface area contributed by atoms with Crippen LogP contribution in [0.15, 0.2) is 24.3 Å². The summed E-state index contributed by atoms with van der Waals surface area (Å²) in [5, 5.41) is 2.64. The minimum Gasteiger partial charge on any atom is -0.462 e. The van der Waals surface area contributed by atoms with Gasteiger partial charge in [0.25, 0.3) is 11.7 Å². The molecule has 0 unspecified atom stereocenters. The molecule has 0 aliphatic heterocycles. The van der Waals surface area contributed by atoms with Gasteiger partial charge in [0, 0.05) is 11.3 Å². The average molecular weight is 386 g/mol. The van der Waals surface area contributed by atoms with Gasteiger partial charge in [-0.2, -0.15) is 0 Å². The van der Waals surface area contributed by atoms with Crippen LogP contribution in [-0.4, -0.2) is 56.4 Å². The van der Waals surface area contributed by atoms with Crippen LogP contribution in [0.5, 0.6) is 0 Å². The number of ketones is 1. The third-order valence-corrected chi connectivity index (χ3v) is 4.35. The first-order valence-electron chi connectivity index (χ1n) is 9.34. The summed E-state index contributed by atoms with van der Waals surface area (Å²) >= 11 is 0. The van der Waals surface area contributed by atoms with Gasteiger partial charge in [0.05, 0.1) is 39.4 Å². The molecule has 0 saturated heterocycles. The number of quaternary nitrogens is 1. The largest absolute Gasteiger partial charge is 0.462 e. The topological polar surface area (TPSA) is 92.7 Å². The summed E-state index contributed by atoms with van der Waals surface area (Å²) in [6.45, 7) is 6.66. The van der Waals surface area contributed by atoms with Crippen molar-refractivity contribution in [1.29, 1.82) is 0 Å². The maximum absolute atomic E-state index is 12.8. The highest BCUT2D eigenvalue weighted by atomic mass is 16.5. The number of aromatic nitrogens is 1. The summed E-state index contributed by atoms with van der Waals surface area (Å²) in [5.74, 6) is -1.93. The van der Waals surface area contributed by atoms with E-state index in [1.54, 1.807) is 13.8 Å². The lowest BCUT2D eigenvalue weighted by Crippen LogP contribution is -3.06. The first-order chi connectivity index (χ1) is 13.3. The number of aryl methyl sites for hydroxylation is 2. The van der Waals surface area contributed by atoms with Gasteiger partial charge in [-0.25, -0.2) is 4.79 Å². The summed E-state index contributed by atoms with van der Waals surface area (Å²) in [7, 11) is 3.92. The molecule has 7 heteroatoms. The minimum absolute atomic E-state index is 0.0964. The van der Waals surface area contributed by atoms with E-state index in [0.29, 0.717) is 29.9 Å². The lowest BCUT2D eigenvalue weighted by atomic mass is 9.97. The van der Waals surface area contributed by atoms with Crippen molar-refractivity contribution >= 4 is 17.7 Å². The Morgan fingerprint density at radius 3 is 2.32 bits per heavy atom. The van der Waals surface area contributed by atoms with E-state index in [9.17, 15) is 14.4 Å². The van der Waals surface area contributed by atoms with E-state index < -0.39 is 17.7 Å². The number of amides is 1. The fraction of sp³-hybridized carbons (Fsp3) is 0.381. The summed E-state index contributed by atoms with van der Waals surface area (Å²) in [6.07, 6.45) is 0. The molecule has 1 heterocycles. The predicted octanol–water partition coefficient (Wildman–Crippen LogP) is 0.919. The Hall–Kier alpha value is -2.93. The predicted molar refractivity (Wildman–Crippen MR) is 107 cm³/mol. The molecule has 0 saturated carbocycles. The van der Waals surface area contributed by atoms with E-state index >= 15 is 0 Å². The van der Waals surface area contributed by atoms with Crippen LogP contribution in [0.2, 0.25) is 0 Å². The number of carbonyl (C=O) groups excluding carboxylic acids is 3. The number of nitrogens with one attached hydrogen (secondary N) is 3. The van der Waals surface area contributed by atoms with Gasteiger partial charge in [-0.1, -0.05) is 29.8 Å². The van der Waals surface area contributed by atoms with Crippen molar-refractivity contribution in [1.82, 2.24) is 10.3 Å². The van der Waals surface area contributed by atoms with Crippen molar-refractivity contribution in [2.24, 2.45) is 0 Å². The Kier molecular flexibility index (Phi) is 7.12. The number of carbonyl (C=O) groups is 3. The molecule has 0 atom stereocenters. The number of rotatable bonds is 8. The Balaban J connectivity index is 2.47. The van der Waals surface area contributed by atoms with E-state index in [0.717, 1.165) is 10.5 Å². The van der Waals surface area contributed by atoms with Gasteiger partial charge in [0.2, 0.25) is 0 Å². The standard InChI is InChI=1S/C21H27N3O4/c1-6-28-21(27)16-14(3)23-18(17(16)15-9-7-13(2)8-10-15)19(25)20(26)22-11-12-24(4)5/h7-10,23H,6,11-12H2,1-5H3,(H,22,26)/p+1. The second-order valence-corrected chi connectivity index (χ2v) is 7.00. The van der Waals surface area contributed by atoms with Gasteiger partial charge in [-0.15, -0.1) is 0 Å². The second kappa shape index (κ2) is 9.32. The molecular weight excluding hydrogens is 358 g/mol. The summed E-state index contributed by atoms with van der Waals surface area (Å²) in [4.78, 5) is 41.8. The fourth-order valence-electron chi connectivity index (χ4n) is 2.88. The van der Waals surface area contributed by atoms with Gasteiger partial charge in [-0.05, 0) is 26.3 Å². The Bertz CT molecular complexity index is 867. The van der Waals surface area contributed by atoms with Crippen LogP contribution in [0.4, 0.5) is 0 Å². The van der Waals surface area contributed by atoms with Crippen molar-refractivity contribution in [2.45, 2.75) is 20.8 Å². The lowest BCUT2D eigenvalue weighted by molar-refractivity contribution is -0.856. The molecule has 0 aliphatic carbocycles. The van der Waals surface area contributed by atoms with Gasteiger partial charge >= 0.3 is 5.97 Å². The Morgan fingerprint density at radius 1 is 1.11 bits per heavy atom. The van der Waals surface area contributed by atoms with Crippen LogP contribution >= 0.6 is 0 Å². The van der Waals surface area contributed by atoms with Crippen molar-refractivity contribution in [3.63, 3.8) is 0 Å². The number of hydrogen-bond donors (Lipinski definition) is 3. The fourth-order valence-corrected chi connectivity index (χ4v) is 2.88. The first kappa shape index (κ1) is 21.4. The van der Waals surface area contributed by atoms with E-state index in [2.05, 4.69) is 10.3 Å². The molecule has 0 bridgehead atoms. The molecule has 2 aromatic rings. The molecular formula is C21H28N3O4+. The zero-order chi connectivity index (χ0) is 20.8. The molecule has 1 amide bonds. The molecule has 28 heavy (non-hydrogen) atoms. The molecule has 1 aromatic heterocycles. The van der Waals surface area contributed by atoms with E-state index in [1.165, 1.54) is 0 Å². The zero-order valence-electron chi connectivity index (χ0n) is 17.1. The minimum atomic E-state index is -0.706. The van der Waals surface area contributed by atoms with Gasteiger partial charge in [-0.3, -0.25) is 9.59 Å². The number of hydrogen-bond acceptors (Lipinski definition) is 4. The third-order valence-electron chi connectivity index (χ3n) is 4.35. The number of esters is 1. The number of aromatic amines is 1. The summed E-state index contributed by atoms with van der Waals surface area (Å²) in [5.41, 5.74) is 2.98. The van der Waals surface area contributed by atoms with E-state index in [4.69, 9.17) is 4.74 Å². The van der Waals surface area contributed by atoms with Crippen molar-refractivity contribution in [3.8, 4) is 11.1 Å². The van der Waals surface area contributed by atoms with Crippen LogP contribution in [0.3, 0.4) is 0 Å². The number of H-pyrrole nitrogens is 1. The van der Waals surface area contributed by atoms with Crippen LogP contribution in [-0.2, 0) is 9.53 Å². The van der Waals surface area contributed by atoms with E-state index in [1.807, 2.05) is 45.3 Å². The third kappa shape index (κ3) is 4.86. The van der Waals surface area contributed by atoms with Crippen LogP contribution in [0.1, 0.15) is 39.0 Å². The number of Topliss-reactive ketones (excluding diaryl/α,β-unsaturated/α-hetero) is 1. The van der Waals surface area contributed by atoms with Crippen LogP contribution in [0.25, 0.3) is 11.1 Å². The van der Waals surface area contributed by atoms with Gasteiger partial charge < -0.3 is 19.9 Å². The lowest BCUT2D eigenvalue weighted by Gasteiger charge is -2.10. The Morgan fingerprint density at radius 2 is 1.75 bits per heavy atom.